The lowest BCUT2D eigenvalue weighted by Crippen LogP contribution is -2.82. The summed E-state index contributed by atoms with van der Waals surface area (Å²) >= 11 is 5.26. The van der Waals surface area contributed by atoms with Crippen LogP contribution in [0, 0.1) is 6.92 Å². The molecule has 0 fully saturated rings. The van der Waals surface area contributed by atoms with Crippen LogP contribution >= 0.6 is 12.2 Å². The van der Waals surface area contributed by atoms with Gasteiger partial charge in [-0.05, 0) is 60.6 Å². The van der Waals surface area contributed by atoms with Crippen molar-refractivity contribution in [2.45, 2.75) is 13.5 Å². The molecule has 0 atom stereocenters. The first-order valence-electron chi connectivity index (χ1n) is 9.22. The number of hydrogen-bond donors (Lipinski definition) is 3. The predicted molar refractivity (Wildman–Crippen MR) is 120 cm³/mol. The second-order valence-corrected chi connectivity index (χ2v) is 6.77. The van der Waals surface area contributed by atoms with Crippen LogP contribution in [0.2, 0.25) is 0 Å². The summed E-state index contributed by atoms with van der Waals surface area (Å²) in [5.74, 6) is 1.36. The highest BCUT2D eigenvalue weighted by Gasteiger charge is 2.08. The third-order valence-corrected chi connectivity index (χ3v) is 4.49. The van der Waals surface area contributed by atoms with E-state index in [1.807, 2.05) is 60.7 Å². The molecule has 3 N–H and O–H groups in total. The van der Waals surface area contributed by atoms with Crippen molar-refractivity contribution in [3.05, 3.63) is 89.5 Å². The average molecular weight is 407 g/mol. The van der Waals surface area contributed by atoms with Crippen molar-refractivity contribution in [2.75, 3.05) is 12.4 Å². The number of anilines is 1. The molecule has 0 saturated heterocycles. The van der Waals surface area contributed by atoms with E-state index in [0.29, 0.717) is 23.2 Å². The van der Waals surface area contributed by atoms with Crippen molar-refractivity contribution in [3.8, 4) is 11.5 Å². The number of thiocarbonyl (C=S) groups is 1. The summed E-state index contributed by atoms with van der Waals surface area (Å²) in [6.07, 6.45) is 1.80. The van der Waals surface area contributed by atoms with Gasteiger partial charge in [-0.15, -0.1) is 10.5 Å². The van der Waals surface area contributed by atoms with Crippen LogP contribution in [0.25, 0.3) is 0 Å². The SMILES string of the molecule is COc1cc(C=[NH+]NC(=S)Nc2ccccc2)ccc1OCc1ccccc1C. The van der Waals surface area contributed by atoms with Gasteiger partial charge in [0.25, 0.3) is 0 Å². The van der Waals surface area contributed by atoms with Crippen molar-refractivity contribution < 1.29 is 14.6 Å². The Labute approximate surface area is 176 Å². The van der Waals surface area contributed by atoms with Gasteiger partial charge < -0.3 is 14.8 Å². The van der Waals surface area contributed by atoms with Crippen LogP contribution in [-0.2, 0) is 6.61 Å². The zero-order valence-corrected chi connectivity index (χ0v) is 17.3. The number of hydrogen-bond acceptors (Lipinski definition) is 3. The molecule has 29 heavy (non-hydrogen) atoms. The molecule has 0 aromatic heterocycles. The van der Waals surface area contributed by atoms with Gasteiger partial charge in [0.05, 0.1) is 7.11 Å². The smallest absolute Gasteiger partial charge is 0.228 e. The highest BCUT2D eigenvalue weighted by Crippen LogP contribution is 2.28. The van der Waals surface area contributed by atoms with E-state index in [1.165, 1.54) is 5.56 Å². The minimum atomic E-state index is 0.470. The fourth-order valence-corrected chi connectivity index (χ4v) is 2.87. The Bertz CT molecular complexity index is 990. The molecule has 6 heteroatoms. The molecular formula is C23H24N3O2S+. The topological polar surface area (TPSA) is 56.5 Å². The van der Waals surface area contributed by atoms with E-state index in [4.69, 9.17) is 21.7 Å². The normalized spacial score (nSPS) is 10.6. The monoisotopic (exact) mass is 406 g/mol. The zero-order chi connectivity index (χ0) is 20.5. The van der Waals surface area contributed by atoms with Crippen molar-refractivity contribution in [3.63, 3.8) is 0 Å². The lowest BCUT2D eigenvalue weighted by atomic mass is 10.1. The second kappa shape index (κ2) is 10.2. The number of hydrazone groups is 1. The summed E-state index contributed by atoms with van der Waals surface area (Å²) in [6.45, 7) is 2.56. The van der Waals surface area contributed by atoms with Crippen molar-refractivity contribution in [1.82, 2.24) is 5.43 Å². The standard InChI is InChI=1S/C23H23N3O2S/c1-17-8-6-7-9-19(17)16-28-21-13-12-18(14-22(21)27-2)15-24-26-23(29)25-20-10-4-3-5-11-20/h3-15H,16H2,1-2H3,(H2,25,26,29)/p+1. The first-order chi connectivity index (χ1) is 14.2. The Morgan fingerprint density at radius 3 is 2.52 bits per heavy atom. The number of benzene rings is 3. The molecule has 0 radical (unpaired) electrons. The molecule has 0 heterocycles. The fourth-order valence-electron chi connectivity index (χ4n) is 2.69. The second-order valence-electron chi connectivity index (χ2n) is 6.36. The minimum absolute atomic E-state index is 0.470. The molecule has 0 spiro atoms. The van der Waals surface area contributed by atoms with Crippen LogP contribution in [0.15, 0.2) is 72.8 Å². The van der Waals surface area contributed by atoms with Gasteiger partial charge >= 0.3 is 0 Å². The van der Waals surface area contributed by atoms with E-state index >= 15 is 0 Å². The van der Waals surface area contributed by atoms with Crippen molar-refractivity contribution in [2.24, 2.45) is 0 Å². The molecule has 0 saturated carbocycles. The molecule has 3 aromatic carbocycles. The minimum Gasteiger partial charge on any atom is -0.493 e. The number of nitrogens with one attached hydrogen (secondary N) is 3. The molecule has 0 aliphatic carbocycles. The number of ether oxygens (including phenoxy) is 2. The molecule has 3 aromatic rings. The van der Waals surface area contributed by atoms with Crippen LogP contribution in [0.5, 0.6) is 11.5 Å². The molecule has 0 bridgehead atoms. The Morgan fingerprint density at radius 1 is 1.00 bits per heavy atom. The largest absolute Gasteiger partial charge is 0.493 e. The van der Waals surface area contributed by atoms with Gasteiger partial charge in [-0.1, -0.05) is 42.5 Å². The lowest BCUT2D eigenvalue weighted by Gasteiger charge is -2.12. The van der Waals surface area contributed by atoms with E-state index in [1.54, 1.807) is 13.3 Å². The molecule has 0 aliphatic rings. The van der Waals surface area contributed by atoms with Crippen LogP contribution in [0.1, 0.15) is 16.7 Å². The Balaban J connectivity index is 1.58. The molecule has 0 unspecified atom stereocenters. The first-order valence-corrected chi connectivity index (χ1v) is 9.62. The maximum Gasteiger partial charge on any atom is 0.228 e. The van der Waals surface area contributed by atoms with Gasteiger partial charge in [-0.25, -0.2) is 0 Å². The first kappa shape index (κ1) is 20.4. The quantitative estimate of drug-likeness (QED) is 0.320. The van der Waals surface area contributed by atoms with E-state index in [-0.39, 0.29) is 0 Å². The highest BCUT2D eigenvalue weighted by atomic mass is 32.1. The fraction of sp³-hybridized carbons (Fsp3) is 0.130. The third kappa shape index (κ3) is 6.05. The van der Waals surface area contributed by atoms with E-state index < -0.39 is 0 Å². The van der Waals surface area contributed by atoms with Gasteiger partial charge in [0, 0.05) is 11.3 Å². The predicted octanol–water partition coefficient (Wildman–Crippen LogP) is 2.98. The summed E-state index contributed by atoms with van der Waals surface area (Å²) < 4.78 is 11.4. The summed E-state index contributed by atoms with van der Waals surface area (Å²) in [6, 6.07) is 23.6. The van der Waals surface area contributed by atoms with E-state index in [2.05, 4.69) is 34.9 Å². The third-order valence-electron chi connectivity index (χ3n) is 4.29. The van der Waals surface area contributed by atoms with Gasteiger partial charge in [0.15, 0.2) is 17.7 Å². The number of hydrazine groups is 1. The van der Waals surface area contributed by atoms with Gasteiger partial charge in [0.2, 0.25) is 5.11 Å². The van der Waals surface area contributed by atoms with E-state index in [9.17, 15) is 0 Å². The van der Waals surface area contributed by atoms with Crippen LogP contribution in [0.3, 0.4) is 0 Å². The lowest BCUT2D eigenvalue weighted by molar-refractivity contribution is -0.499. The summed E-state index contributed by atoms with van der Waals surface area (Å²) in [7, 11) is 1.63. The van der Waals surface area contributed by atoms with Gasteiger partial charge in [-0.3, -0.25) is 0 Å². The molecule has 3 rings (SSSR count). The van der Waals surface area contributed by atoms with Gasteiger partial charge in [-0.2, -0.15) is 0 Å². The highest BCUT2D eigenvalue weighted by molar-refractivity contribution is 7.80. The molecular weight excluding hydrogens is 382 g/mol. The van der Waals surface area contributed by atoms with Gasteiger partial charge in [0.1, 0.15) is 6.61 Å². The summed E-state index contributed by atoms with van der Waals surface area (Å²) in [5, 5.41) is 6.54. The molecule has 0 amide bonds. The van der Waals surface area contributed by atoms with Crippen LogP contribution in [0.4, 0.5) is 5.69 Å². The van der Waals surface area contributed by atoms with Crippen LogP contribution in [-0.4, -0.2) is 18.4 Å². The van der Waals surface area contributed by atoms with E-state index in [0.717, 1.165) is 16.8 Å². The molecule has 0 aliphatic heterocycles. The molecule has 148 valence electrons. The van der Waals surface area contributed by atoms with Crippen LogP contribution < -0.4 is 25.3 Å². The maximum absolute atomic E-state index is 5.95. The number of rotatable bonds is 7. The summed E-state index contributed by atoms with van der Waals surface area (Å²) in [4.78, 5) is 0. The average Bonchev–Trinajstić information content (AvgIpc) is 2.74. The Hall–Kier alpha value is -3.38. The van der Waals surface area contributed by atoms with Crippen molar-refractivity contribution in [1.29, 1.82) is 0 Å². The number of aryl methyl sites for hydroxylation is 1. The Morgan fingerprint density at radius 2 is 1.76 bits per heavy atom. The number of para-hydroxylation sites is 1. The van der Waals surface area contributed by atoms with Crippen molar-refractivity contribution >= 4 is 29.2 Å². The Kier molecular flexibility index (Phi) is 7.19. The zero-order valence-electron chi connectivity index (χ0n) is 16.4. The maximum atomic E-state index is 5.95. The number of methoxy groups -OCH3 is 1. The summed E-state index contributed by atoms with van der Waals surface area (Å²) in [5.41, 5.74) is 7.11. The molecule has 5 nitrogen and oxygen atoms in total.